The molecule has 2 aromatic heterocycles. The molecule has 1 aliphatic heterocycles. The zero-order chi connectivity index (χ0) is 26.8. The Morgan fingerprint density at radius 2 is 2.11 bits per heavy atom. The highest BCUT2D eigenvalue weighted by Gasteiger charge is 2.33. The summed E-state index contributed by atoms with van der Waals surface area (Å²) in [5, 5.41) is 12.5. The van der Waals surface area contributed by atoms with E-state index >= 15 is 0 Å². The summed E-state index contributed by atoms with van der Waals surface area (Å²) in [6.45, 7) is 6.40. The van der Waals surface area contributed by atoms with Crippen LogP contribution in [0, 0.1) is 11.3 Å². The largest absolute Gasteiger partial charge is 0.492 e. The topological polar surface area (TPSA) is 99.3 Å². The summed E-state index contributed by atoms with van der Waals surface area (Å²) in [4.78, 5) is 27.2. The minimum atomic E-state index is -0.256. The highest BCUT2D eigenvalue weighted by molar-refractivity contribution is 5.97. The Hall–Kier alpha value is -3.90. The minimum absolute atomic E-state index is 0.0134. The SMILES string of the molecule is CCOc1cc(C(C)N2CCc3c(CN(C)C4CC4)cc(Cn4ccnc4NC)cc3C2=O)ncc1C#N. The molecule has 3 aromatic rings. The fourth-order valence-electron chi connectivity index (χ4n) is 5.35. The summed E-state index contributed by atoms with van der Waals surface area (Å²) >= 11 is 0. The average Bonchev–Trinajstić information content (AvgIpc) is 3.68. The number of imidazole rings is 1. The number of ether oxygens (including phenoxy) is 1. The number of amides is 1. The van der Waals surface area contributed by atoms with Gasteiger partial charge < -0.3 is 19.5 Å². The number of anilines is 1. The van der Waals surface area contributed by atoms with Gasteiger partial charge in [0.1, 0.15) is 17.4 Å². The van der Waals surface area contributed by atoms with E-state index in [4.69, 9.17) is 4.74 Å². The maximum Gasteiger partial charge on any atom is 0.254 e. The van der Waals surface area contributed by atoms with Gasteiger partial charge in [0.15, 0.2) is 0 Å². The summed E-state index contributed by atoms with van der Waals surface area (Å²) in [7, 11) is 4.04. The van der Waals surface area contributed by atoms with Crippen LogP contribution >= 0.6 is 0 Å². The number of rotatable bonds is 10. The highest BCUT2D eigenvalue weighted by Crippen LogP contribution is 2.34. The summed E-state index contributed by atoms with van der Waals surface area (Å²) in [5.74, 6) is 1.31. The third kappa shape index (κ3) is 5.09. The predicted octanol–water partition coefficient (Wildman–Crippen LogP) is 3.99. The number of aromatic nitrogens is 3. The van der Waals surface area contributed by atoms with E-state index in [1.807, 2.05) is 32.0 Å². The van der Waals surface area contributed by atoms with Crippen molar-refractivity contribution in [1.82, 2.24) is 24.3 Å². The monoisotopic (exact) mass is 513 g/mol. The molecule has 3 heterocycles. The molecule has 1 aromatic carbocycles. The Balaban J connectivity index is 1.48. The highest BCUT2D eigenvalue weighted by atomic mass is 16.5. The lowest BCUT2D eigenvalue weighted by molar-refractivity contribution is 0.0667. The summed E-state index contributed by atoms with van der Waals surface area (Å²) < 4.78 is 7.72. The lowest BCUT2D eigenvalue weighted by Crippen LogP contribution is -2.40. The molecule has 9 heteroatoms. The molecule has 1 atom stereocenters. The van der Waals surface area contributed by atoms with Crippen molar-refractivity contribution in [2.24, 2.45) is 0 Å². The van der Waals surface area contributed by atoms with Crippen LogP contribution in [0.4, 0.5) is 5.95 Å². The van der Waals surface area contributed by atoms with Crippen LogP contribution in [-0.4, -0.2) is 63.5 Å². The van der Waals surface area contributed by atoms with Gasteiger partial charge in [-0.3, -0.25) is 14.7 Å². The van der Waals surface area contributed by atoms with Crippen molar-refractivity contribution in [3.05, 3.63) is 70.3 Å². The van der Waals surface area contributed by atoms with Crippen molar-refractivity contribution < 1.29 is 9.53 Å². The van der Waals surface area contributed by atoms with Crippen molar-refractivity contribution in [3.63, 3.8) is 0 Å². The Labute approximate surface area is 224 Å². The first-order valence-electron chi connectivity index (χ1n) is 13.3. The van der Waals surface area contributed by atoms with E-state index < -0.39 is 0 Å². The van der Waals surface area contributed by atoms with Gasteiger partial charge in [-0.15, -0.1) is 0 Å². The Morgan fingerprint density at radius 3 is 2.82 bits per heavy atom. The summed E-state index contributed by atoms with van der Waals surface area (Å²) in [6.07, 6.45) is 8.54. The van der Waals surface area contributed by atoms with Crippen LogP contribution in [0.1, 0.15) is 71.0 Å². The number of fused-ring (bicyclic) bond motifs is 1. The Morgan fingerprint density at radius 1 is 1.29 bits per heavy atom. The Kier molecular flexibility index (Phi) is 7.34. The molecule has 0 spiro atoms. The average molecular weight is 514 g/mol. The van der Waals surface area contributed by atoms with E-state index in [2.05, 4.69) is 50.0 Å². The van der Waals surface area contributed by atoms with E-state index in [1.165, 1.54) is 24.6 Å². The third-order valence-electron chi connectivity index (χ3n) is 7.58. The summed E-state index contributed by atoms with van der Waals surface area (Å²) in [5.41, 5.74) is 5.34. The Bertz CT molecular complexity index is 1370. The lowest BCUT2D eigenvalue weighted by Gasteiger charge is -2.35. The molecule has 0 radical (unpaired) electrons. The van der Waals surface area contributed by atoms with Crippen LogP contribution in [-0.2, 0) is 19.5 Å². The number of benzene rings is 1. The van der Waals surface area contributed by atoms with Crippen LogP contribution in [0.3, 0.4) is 0 Å². The maximum atomic E-state index is 14.0. The number of nitrogens with one attached hydrogen (secondary N) is 1. The van der Waals surface area contributed by atoms with Crippen LogP contribution in [0.25, 0.3) is 0 Å². The number of carbonyl (C=O) groups is 1. The molecular weight excluding hydrogens is 478 g/mol. The predicted molar refractivity (Wildman–Crippen MR) is 145 cm³/mol. The lowest BCUT2D eigenvalue weighted by atomic mass is 9.90. The van der Waals surface area contributed by atoms with Gasteiger partial charge >= 0.3 is 0 Å². The molecule has 1 N–H and O–H groups in total. The number of carbonyl (C=O) groups excluding carboxylic acids is 1. The molecule has 1 amide bonds. The first kappa shape index (κ1) is 25.7. The van der Waals surface area contributed by atoms with Gasteiger partial charge in [-0.2, -0.15) is 5.26 Å². The molecule has 1 fully saturated rings. The van der Waals surface area contributed by atoms with Crippen molar-refractivity contribution in [3.8, 4) is 11.8 Å². The van der Waals surface area contributed by atoms with Crippen molar-refractivity contribution >= 4 is 11.9 Å². The minimum Gasteiger partial charge on any atom is -0.492 e. The molecule has 38 heavy (non-hydrogen) atoms. The third-order valence-corrected chi connectivity index (χ3v) is 7.58. The van der Waals surface area contributed by atoms with E-state index in [1.54, 1.807) is 12.3 Å². The van der Waals surface area contributed by atoms with Gasteiger partial charge in [-0.05, 0) is 62.9 Å². The number of pyridine rings is 1. The van der Waals surface area contributed by atoms with Gasteiger partial charge in [-0.25, -0.2) is 4.98 Å². The molecule has 0 saturated heterocycles. The molecule has 198 valence electrons. The van der Waals surface area contributed by atoms with E-state index in [0.29, 0.717) is 42.7 Å². The number of nitriles is 1. The number of hydrogen-bond acceptors (Lipinski definition) is 7. The molecule has 1 saturated carbocycles. The summed E-state index contributed by atoms with van der Waals surface area (Å²) in [6, 6.07) is 8.62. The van der Waals surface area contributed by atoms with Gasteiger partial charge in [-0.1, -0.05) is 6.07 Å². The van der Waals surface area contributed by atoms with Crippen molar-refractivity contribution in [2.75, 3.05) is 32.6 Å². The molecule has 1 unspecified atom stereocenters. The smallest absolute Gasteiger partial charge is 0.254 e. The fourth-order valence-corrected chi connectivity index (χ4v) is 5.35. The number of nitrogens with zero attached hydrogens (tertiary/aromatic N) is 6. The van der Waals surface area contributed by atoms with Gasteiger partial charge in [0.05, 0.1) is 24.9 Å². The van der Waals surface area contributed by atoms with Crippen molar-refractivity contribution in [2.45, 2.75) is 58.3 Å². The second kappa shape index (κ2) is 10.8. The van der Waals surface area contributed by atoms with E-state index in [9.17, 15) is 10.1 Å². The number of hydrogen-bond donors (Lipinski definition) is 1. The quantitative estimate of drug-likeness (QED) is 0.438. The van der Waals surface area contributed by atoms with Crippen LogP contribution in [0.2, 0.25) is 0 Å². The second-order valence-corrected chi connectivity index (χ2v) is 10.1. The maximum absolute atomic E-state index is 14.0. The van der Waals surface area contributed by atoms with Gasteiger partial charge in [0.25, 0.3) is 5.91 Å². The standard InChI is InChI=1S/C29H35N7O2/c1-5-38-27-14-26(33-16-22(27)15-30)19(2)36-10-8-24-21(18-34(4)23-6-7-23)12-20(13-25(24)28(36)37)17-35-11-9-32-29(35)31-3/h9,11-14,16,19,23H,5-8,10,17-18H2,1-4H3,(H,31,32). The zero-order valence-corrected chi connectivity index (χ0v) is 22.6. The van der Waals surface area contributed by atoms with Crippen molar-refractivity contribution in [1.29, 1.82) is 5.26 Å². The molecule has 9 nitrogen and oxygen atoms in total. The second-order valence-electron chi connectivity index (χ2n) is 10.1. The van der Waals surface area contributed by atoms with Crippen LogP contribution in [0.5, 0.6) is 5.75 Å². The fraction of sp³-hybridized carbons (Fsp3) is 0.448. The van der Waals surface area contributed by atoms with E-state index in [0.717, 1.165) is 35.6 Å². The first-order valence-corrected chi connectivity index (χ1v) is 13.3. The van der Waals surface area contributed by atoms with Gasteiger partial charge in [0, 0.05) is 56.4 Å². The van der Waals surface area contributed by atoms with Crippen LogP contribution in [0.15, 0.2) is 36.8 Å². The molecule has 5 rings (SSSR count). The van der Waals surface area contributed by atoms with E-state index in [-0.39, 0.29) is 11.9 Å². The molecular formula is C29H35N7O2. The molecule has 1 aliphatic carbocycles. The molecule has 0 bridgehead atoms. The normalized spacial score (nSPS) is 15.8. The van der Waals surface area contributed by atoms with Crippen LogP contribution < -0.4 is 10.1 Å². The molecule has 2 aliphatic rings. The van der Waals surface area contributed by atoms with Gasteiger partial charge in [0.2, 0.25) is 5.95 Å². The first-order chi connectivity index (χ1) is 18.4. The zero-order valence-electron chi connectivity index (χ0n) is 22.6.